The molecule has 1 aliphatic heterocycles. The number of rotatable bonds is 0. The lowest BCUT2D eigenvalue weighted by Crippen LogP contribution is -1.72. The molecule has 0 bridgehead atoms. The molecule has 0 radical (unpaired) electrons. The van der Waals surface area contributed by atoms with Crippen LogP contribution in [0.4, 0.5) is 0 Å². The van der Waals surface area contributed by atoms with E-state index in [9.17, 15) is 0 Å². The van der Waals surface area contributed by atoms with Crippen molar-refractivity contribution in [1.29, 1.82) is 0 Å². The predicted octanol–water partition coefficient (Wildman–Crippen LogP) is 6.38. The van der Waals surface area contributed by atoms with Crippen LogP contribution in [-0.4, -0.2) is 5.75 Å². The van der Waals surface area contributed by atoms with Gasteiger partial charge < -0.3 is 0 Å². The Morgan fingerprint density at radius 1 is 0.800 bits per heavy atom. The molecule has 0 aromatic carbocycles. The molecule has 1 rings (SSSR count). The summed E-state index contributed by atoms with van der Waals surface area (Å²) in [4.78, 5) is 0. The highest BCUT2D eigenvalue weighted by Crippen LogP contribution is 2.52. The summed E-state index contributed by atoms with van der Waals surface area (Å²) in [6, 6.07) is 0. The van der Waals surface area contributed by atoms with Gasteiger partial charge in [0.05, 0.1) is 0 Å². The minimum Gasteiger partial charge on any atom is -0.0845 e. The summed E-state index contributed by atoms with van der Waals surface area (Å²) >= 11 is 0. The van der Waals surface area contributed by atoms with E-state index in [0.717, 1.165) is 0 Å². The molecule has 0 unspecified atom stereocenters. The standard InChI is InChI=1S/C9H12S6/c1-2-4-6-8-10-12-14-15-13-11-9-7-5-3-1/h1-4,6,8H,5,7,9H2/b3-1+,4-2-,8-6+. The average Bonchev–Trinajstić information content (AvgIpc) is 2.27. The molecule has 0 nitrogen and oxygen atoms in total. The Bertz CT molecular complexity index is 201. The molecule has 0 atom stereocenters. The molecule has 15 heavy (non-hydrogen) atoms. The highest BCUT2D eigenvalue weighted by atomic mass is 33.9. The lowest BCUT2D eigenvalue weighted by Gasteiger charge is -1.97. The Morgan fingerprint density at radius 3 is 2.67 bits per heavy atom. The zero-order valence-electron chi connectivity index (χ0n) is 8.03. The third-order valence-electron chi connectivity index (χ3n) is 1.37. The van der Waals surface area contributed by atoms with Gasteiger partial charge in [0.15, 0.2) is 0 Å². The van der Waals surface area contributed by atoms with Gasteiger partial charge in [-0.15, -0.1) is 0 Å². The Balaban J connectivity index is 2.25. The third-order valence-corrected chi connectivity index (χ3v) is 11.9. The maximum absolute atomic E-state index is 2.24. The Kier molecular flexibility index (Phi) is 11.3. The summed E-state index contributed by atoms with van der Waals surface area (Å²) in [5, 5.41) is 2.11. The fourth-order valence-corrected chi connectivity index (χ4v) is 11.6. The second-order valence-corrected chi connectivity index (χ2v) is 11.9. The quantitative estimate of drug-likeness (QED) is 0.472. The first kappa shape index (κ1) is 14.4. The monoisotopic (exact) mass is 312 g/mol. The number of hydrogen-bond acceptors (Lipinski definition) is 6. The molecule has 0 amide bonds. The van der Waals surface area contributed by atoms with E-state index in [4.69, 9.17) is 0 Å². The van der Waals surface area contributed by atoms with Gasteiger partial charge in [0.2, 0.25) is 0 Å². The molecule has 0 aromatic heterocycles. The maximum atomic E-state index is 2.24. The van der Waals surface area contributed by atoms with Crippen LogP contribution in [0.1, 0.15) is 12.8 Å². The summed E-state index contributed by atoms with van der Waals surface area (Å²) < 4.78 is 0. The zero-order valence-corrected chi connectivity index (χ0v) is 12.9. The van der Waals surface area contributed by atoms with Crippen molar-refractivity contribution < 1.29 is 0 Å². The molecule has 0 saturated carbocycles. The van der Waals surface area contributed by atoms with Crippen molar-refractivity contribution in [3.8, 4) is 0 Å². The van der Waals surface area contributed by atoms with Crippen molar-refractivity contribution >= 4 is 60.9 Å². The SMILES string of the molecule is C1=C\C=C\SSSSSSCCC/C=C/1. The first-order valence-electron chi connectivity index (χ1n) is 4.43. The largest absolute Gasteiger partial charge is 0.0845 e. The van der Waals surface area contributed by atoms with Gasteiger partial charge in [-0.05, 0) is 57.6 Å². The fraction of sp³-hybridized carbons (Fsp3) is 0.333. The van der Waals surface area contributed by atoms with Gasteiger partial charge in [0, 0.05) is 5.75 Å². The van der Waals surface area contributed by atoms with Crippen LogP contribution in [-0.2, 0) is 0 Å². The second-order valence-electron chi connectivity index (χ2n) is 2.47. The maximum Gasteiger partial charge on any atom is 0.00483 e. The molecular weight excluding hydrogens is 301 g/mol. The van der Waals surface area contributed by atoms with E-state index in [-0.39, 0.29) is 0 Å². The van der Waals surface area contributed by atoms with Gasteiger partial charge in [0.25, 0.3) is 0 Å². The van der Waals surface area contributed by atoms with E-state index in [2.05, 4.69) is 35.8 Å². The summed E-state index contributed by atoms with van der Waals surface area (Å²) in [5.41, 5.74) is 0. The van der Waals surface area contributed by atoms with Gasteiger partial charge >= 0.3 is 0 Å². The Hall–Kier alpha value is 1.32. The van der Waals surface area contributed by atoms with Crippen molar-refractivity contribution in [2.45, 2.75) is 12.8 Å². The topological polar surface area (TPSA) is 0 Å². The normalized spacial score (nSPS) is 27.2. The van der Waals surface area contributed by atoms with Gasteiger partial charge in [-0.3, -0.25) is 0 Å². The summed E-state index contributed by atoms with van der Waals surface area (Å²) in [6.45, 7) is 0. The lowest BCUT2D eigenvalue weighted by atomic mass is 10.3. The van der Waals surface area contributed by atoms with Crippen LogP contribution in [0.15, 0.2) is 35.8 Å². The third kappa shape index (κ3) is 10.2. The van der Waals surface area contributed by atoms with Crippen molar-refractivity contribution in [2.75, 3.05) is 5.75 Å². The Labute approximate surface area is 114 Å². The molecule has 0 N–H and O–H groups in total. The first-order chi connectivity index (χ1) is 7.50. The molecule has 0 spiro atoms. The van der Waals surface area contributed by atoms with Crippen LogP contribution < -0.4 is 0 Å². The molecule has 0 saturated heterocycles. The van der Waals surface area contributed by atoms with Gasteiger partial charge in [-0.25, -0.2) is 0 Å². The Morgan fingerprint density at radius 2 is 1.67 bits per heavy atom. The zero-order chi connectivity index (χ0) is 10.6. The van der Waals surface area contributed by atoms with Crippen molar-refractivity contribution in [3.05, 3.63) is 35.8 Å². The number of allylic oxidation sites excluding steroid dienone is 5. The summed E-state index contributed by atoms with van der Waals surface area (Å²) in [5.74, 6) is 1.24. The van der Waals surface area contributed by atoms with E-state index >= 15 is 0 Å². The fourth-order valence-electron chi connectivity index (χ4n) is 0.756. The highest BCUT2D eigenvalue weighted by Gasteiger charge is 1.93. The molecular formula is C9H12S6. The van der Waals surface area contributed by atoms with Crippen LogP contribution in [0.5, 0.6) is 0 Å². The molecule has 84 valence electrons. The van der Waals surface area contributed by atoms with Crippen LogP contribution in [0.25, 0.3) is 0 Å². The van der Waals surface area contributed by atoms with Crippen molar-refractivity contribution in [1.82, 2.24) is 0 Å². The molecule has 1 heterocycles. The lowest BCUT2D eigenvalue weighted by molar-refractivity contribution is 0.975. The van der Waals surface area contributed by atoms with E-state index in [1.165, 1.54) is 18.6 Å². The van der Waals surface area contributed by atoms with Crippen molar-refractivity contribution in [2.24, 2.45) is 0 Å². The van der Waals surface area contributed by atoms with E-state index < -0.39 is 0 Å². The van der Waals surface area contributed by atoms with E-state index in [1.807, 2.05) is 50.1 Å². The smallest absolute Gasteiger partial charge is 0.00483 e. The average molecular weight is 313 g/mol. The van der Waals surface area contributed by atoms with Crippen LogP contribution in [0.3, 0.4) is 0 Å². The second kappa shape index (κ2) is 11.8. The molecule has 0 fully saturated rings. The van der Waals surface area contributed by atoms with Gasteiger partial charge in [0.1, 0.15) is 0 Å². The molecule has 6 heteroatoms. The molecule has 1 aliphatic rings. The highest BCUT2D eigenvalue weighted by molar-refractivity contribution is 9.42. The minimum atomic E-state index is 1.18. The van der Waals surface area contributed by atoms with Crippen molar-refractivity contribution in [3.63, 3.8) is 0 Å². The van der Waals surface area contributed by atoms with Gasteiger partial charge in [-0.2, -0.15) is 0 Å². The molecule has 0 aromatic rings. The van der Waals surface area contributed by atoms with Crippen LogP contribution >= 0.6 is 60.9 Å². The minimum absolute atomic E-state index is 1.18. The van der Waals surface area contributed by atoms with E-state index in [0.29, 0.717) is 0 Å². The number of hydrogen-bond donors (Lipinski definition) is 0. The molecule has 0 aliphatic carbocycles. The van der Waals surface area contributed by atoms with Crippen LogP contribution in [0.2, 0.25) is 0 Å². The van der Waals surface area contributed by atoms with Crippen LogP contribution in [0, 0.1) is 0 Å². The first-order valence-corrected chi connectivity index (χ1v) is 12.1. The predicted molar refractivity (Wildman–Crippen MR) is 87.1 cm³/mol. The van der Waals surface area contributed by atoms with Gasteiger partial charge in [-0.1, -0.05) is 52.0 Å². The summed E-state index contributed by atoms with van der Waals surface area (Å²) in [7, 11) is 11.1. The summed E-state index contributed by atoms with van der Waals surface area (Å²) in [6.07, 6.45) is 13.1. The van der Waals surface area contributed by atoms with E-state index in [1.54, 1.807) is 10.8 Å².